The van der Waals surface area contributed by atoms with Gasteiger partial charge in [0.1, 0.15) is 0 Å². The summed E-state index contributed by atoms with van der Waals surface area (Å²) in [6, 6.07) is 7.49. The van der Waals surface area contributed by atoms with Crippen molar-refractivity contribution < 1.29 is 14.3 Å². The number of para-hydroxylation sites is 2. The first-order chi connectivity index (χ1) is 13.6. The van der Waals surface area contributed by atoms with Gasteiger partial charge in [0.25, 0.3) is 0 Å². The van der Waals surface area contributed by atoms with E-state index in [1.165, 1.54) is 0 Å². The highest BCUT2D eigenvalue weighted by Crippen LogP contribution is 2.23. The van der Waals surface area contributed by atoms with Gasteiger partial charge in [0.05, 0.1) is 17.6 Å². The van der Waals surface area contributed by atoms with E-state index in [9.17, 15) is 9.59 Å². The molecule has 1 fully saturated rings. The summed E-state index contributed by atoms with van der Waals surface area (Å²) in [5.41, 5.74) is 1.64. The van der Waals surface area contributed by atoms with E-state index in [2.05, 4.69) is 18.8 Å². The molecule has 2 heterocycles. The van der Waals surface area contributed by atoms with Crippen molar-refractivity contribution in [1.82, 2.24) is 14.9 Å². The number of ether oxygens (including phenoxy) is 1. The summed E-state index contributed by atoms with van der Waals surface area (Å²) >= 11 is 0. The molecule has 2 aromatic rings. The first kappa shape index (κ1) is 20.0. The zero-order valence-electron chi connectivity index (χ0n) is 16.9. The third-order valence-electron chi connectivity index (χ3n) is 5.25. The number of carbonyl (C=O) groups is 2. The molecule has 0 bridgehead atoms. The predicted octanol–water partition coefficient (Wildman–Crippen LogP) is 2.89. The molecule has 0 N–H and O–H groups in total. The van der Waals surface area contributed by atoms with Gasteiger partial charge in [-0.1, -0.05) is 26.0 Å². The molecule has 0 aliphatic carbocycles. The molecule has 0 atom stereocenters. The summed E-state index contributed by atoms with van der Waals surface area (Å²) < 4.78 is 5.20. The molecule has 1 amide bonds. The molecule has 28 heavy (non-hydrogen) atoms. The Kier molecular flexibility index (Phi) is 6.44. The summed E-state index contributed by atoms with van der Waals surface area (Å²) in [4.78, 5) is 38.3. The molecule has 0 unspecified atom stereocenters. The van der Waals surface area contributed by atoms with Gasteiger partial charge < -0.3 is 14.5 Å². The van der Waals surface area contributed by atoms with Gasteiger partial charge in [0.2, 0.25) is 5.91 Å². The lowest BCUT2D eigenvalue weighted by molar-refractivity contribution is -0.136. The first-order valence-electron chi connectivity index (χ1n) is 10.1. The van der Waals surface area contributed by atoms with Crippen molar-refractivity contribution >= 4 is 28.7 Å². The predicted molar refractivity (Wildman–Crippen MR) is 108 cm³/mol. The Balaban J connectivity index is 1.84. The third kappa shape index (κ3) is 4.08. The maximum Gasteiger partial charge on any atom is 0.360 e. The van der Waals surface area contributed by atoms with Gasteiger partial charge in [-0.2, -0.15) is 0 Å². The number of nitrogens with zero attached hydrogens (tertiary/aromatic N) is 4. The van der Waals surface area contributed by atoms with E-state index in [1.54, 1.807) is 6.92 Å². The van der Waals surface area contributed by atoms with E-state index in [1.807, 2.05) is 34.1 Å². The number of aromatic nitrogens is 2. The van der Waals surface area contributed by atoms with Crippen LogP contribution in [0.5, 0.6) is 0 Å². The molecule has 7 heteroatoms. The number of fused-ring (bicyclic) bond motifs is 1. The number of benzene rings is 1. The minimum absolute atomic E-state index is 0.0853. The molecule has 1 aliphatic rings. The number of rotatable bonds is 6. The molecule has 3 rings (SSSR count). The lowest BCUT2D eigenvalue weighted by atomic mass is 10.0. The van der Waals surface area contributed by atoms with Gasteiger partial charge in [0, 0.05) is 32.1 Å². The van der Waals surface area contributed by atoms with Gasteiger partial charge in [0.15, 0.2) is 11.5 Å². The maximum atomic E-state index is 12.6. The molecule has 0 radical (unpaired) electrons. The van der Waals surface area contributed by atoms with Gasteiger partial charge in [-0.3, -0.25) is 4.79 Å². The molecule has 0 spiro atoms. The molecular formula is C21H28N4O3. The van der Waals surface area contributed by atoms with Crippen LogP contribution in [0.2, 0.25) is 0 Å². The Hall–Kier alpha value is -2.70. The Morgan fingerprint density at radius 2 is 1.61 bits per heavy atom. The summed E-state index contributed by atoms with van der Waals surface area (Å²) in [5.74, 6) is 0.375. The van der Waals surface area contributed by atoms with E-state index < -0.39 is 5.97 Å². The SMILES string of the molecule is CCOC(=O)c1nc2ccccc2nc1N1CCN(C(=O)C(CC)CC)CC1. The summed E-state index contributed by atoms with van der Waals surface area (Å²) in [7, 11) is 0. The van der Waals surface area contributed by atoms with Gasteiger partial charge in [-0.25, -0.2) is 14.8 Å². The number of hydrogen-bond acceptors (Lipinski definition) is 6. The Morgan fingerprint density at radius 3 is 2.18 bits per heavy atom. The lowest BCUT2D eigenvalue weighted by Crippen LogP contribution is -2.51. The molecule has 7 nitrogen and oxygen atoms in total. The van der Waals surface area contributed by atoms with Crippen molar-refractivity contribution in [3.63, 3.8) is 0 Å². The van der Waals surface area contributed by atoms with E-state index in [-0.39, 0.29) is 24.1 Å². The smallest absolute Gasteiger partial charge is 0.360 e. The number of anilines is 1. The van der Waals surface area contributed by atoms with E-state index >= 15 is 0 Å². The average molecular weight is 384 g/mol. The van der Waals surface area contributed by atoms with E-state index in [0.717, 1.165) is 18.4 Å². The van der Waals surface area contributed by atoms with Crippen molar-refractivity contribution in [2.24, 2.45) is 5.92 Å². The fourth-order valence-corrected chi connectivity index (χ4v) is 3.58. The van der Waals surface area contributed by atoms with Crippen LogP contribution < -0.4 is 4.90 Å². The second-order valence-electron chi connectivity index (χ2n) is 6.93. The fraction of sp³-hybridized carbons (Fsp3) is 0.524. The Bertz CT molecular complexity index is 843. The van der Waals surface area contributed by atoms with Gasteiger partial charge in [-0.05, 0) is 31.9 Å². The molecule has 1 aliphatic heterocycles. The minimum atomic E-state index is -0.466. The summed E-state index contributed by atoms with van der Waals surface area (Å²) in [5, 5.41) is 0. The molecular weight excluding hydrogens is 356 g/mol. The Morgan fingerprint density at radius 1 is 1.00 bits per heavy atom. The van der Waals surface area contributed by atoms with Gasteiger partial charge >= 0.3 is 5.97 Å². The Labute approximate surface area is 165 Å². The highest BCUT2D eigenvalue weighted by Gasteiger charge is 2.29. The molecule has 1 aromatic carbocycles. The van der Waals surface area contributed by atoms with Crippen LogP contribution in [-0.2, 0) is 9.53 Å². The normalized spacial score (nSPS) is 14.6. The standard InChI is InChI=1S/C21H28N4O3/c1-4-15(5-2)20(26)25-13-11-24(12-14-25)19-18(21(27)28-6-3)22-16-9-7-8-10-17(16)23-19/h7-10,15H,4-6,11-14H2,1-3H3. The highest BCUT2D eigenvalue weighted by atomic mass is 16.5. The zero-order chi connectivity index (χ0) is 20.1. The number of esters is 1. The second-order valence-corrected chi connectivity index (χ2v) is 6.93. The number of amides is 1. The van der Waals surface area contributed by atoms with Crippen LogP contribution in [0.25, 0.3) is 11.0 Å². The first-order valence-corrected chi connectivity index (χ1v) is 10.1. The maximum absolute atomic E-state index is 12.6. The van der Waals surface area contributed by atoms with Crippen molar-refractivity contribution in [1.29, 1.82) is 0 Å². The lowest BCUT2D eigenvalue weighted by Gasteiger charge is -2.37. The van der Waals surface area contributed by atoms with Crippen molar-refractivity contribution in [3.05, 3.63) is 30.0 Å². The molecule has 1 saturated heterocycles. The second kappa shape index (κ2) is 8.99. The largest absolute Gasteiger partial charge is 0.461 e. The third-order valence-corrected chi connectivity index (χ3v) is 5.25. The van der Waals surface area contributed by atoms with Crippen LogP contribution in [0.15, 0.2) is 24.3 Å². The number of carbonyl (C=O) groups excluding carboxylic acids is 2. The van der Waals surface area contributed by atoms with Crippen LogP contribution >= 0.6 is 0 Å². The summed E-state index contributed by atoms with van der Waals surface area (Å²) in [6.45, 7) is 8.63. The summed E-state index contributed by atoms with van der Waals surface area (Å²) in [6.07, 6.45) is 1.72. The number of hydrogen-bond donors (Lipinski definition) is 0. The van der Waals surface area contributed by atoms with Crippen LogP contribution in [0.3, 0.4) is 0 Å². The quantitative estimate of drug-likeness (QED) is 0.713. The highest BCUT2D eigenvalue weighted by molar-refractivity contribution is 5.95. The van der Waals surface area contributed by atoms with Crippen molar-refractivity contribution in [2.75, 3.05) is 37.7 Å². The molecule has 0 saturated carbocycles. The van der Waals surface area contributed by atoms with Crippen LogP contribution in [0.4, 0.5) is 5.82 Å². The van der Waals surface area contributed by atoms with Crippen molar-refractivity contribution in [2.45, 2.75) is 33.6 Å². The molecule has 150 valence electrons. The average Bonchev–Trinajstić information content (AvgIpc) is 2.74. The van der Waals surface area contributed by atoms with Crippen LogP contribution in [-0.4, -0.2) is 59.5 Å². The van der Waals surface area contributed by atoms with Crippen LogP contribution in [0.1, 0.15) is 44.1 Å². The van der Waals surface area contributed by atoms with E-state index in [0.29, 0.717) is 37.5 Å². The molecule has 1 aromatic heterocycles. The monoisotopic (exact) mass is 384 g/mol. The topological polar surface area (TPSA) is 75.6 Å². The van der Waals surface area contributed by atoms with Crippen molar-refractivity contribution in [3.8, 4) is 0 Å². The number of piperazine rings is 1. The van der Waals surface area contributed by atoms with Gasteiger partial charge in [-0.15, -0.1) is 0 Å². The van der Waals surface area contributed by atoms with Crippen LogP contribution in [0, 0.1) is 5.92 Å². The fourth-order valence-electron chi connectivity index (χ4n) is 3.58. The minimum Gasteiger partial charge on any atom is -0.461 e. The van der Waals surface area contributed by atoms with E-state index in [4.69, 9.17) is 9.72 Å². The zero-order valence-corrected chi connectivity index (χ0v) is 16.9.